The average molecular weight is 311 g/mol. The monoisotopic (exact) mass is 310 g/mol. The van der Waals surface area contributed by atoms with Gasteiger partial charge in [-0.25, -0.2) is 0 Å². The normalized spacial score (nSPS) is 20.9. The number of benzene rings is 1. The highest BCUT2D eigenvalue weighted by Crippen LogP contribution is 2.19. The molecular weight excluding hydrogens is 288 g/mol. The van der Waals surface area contributed by atoms with Crippen LogP contribution in [0.3, 0.4) is 0 Å². The lowest BCUT2D eigenvalue weighted by atomic mass is 9.96. The second-order valence-corrected chi connectivity index (χ2v) is 6.07. The van der Waals surface area contributed by atoms with E-state index in [0.717, 1.165) is 23.5 Å². The Balaban J connectivity index is 1.70. The summed E-state index contributed by atoms with van der Waals surface area (Å²) in [6.45, 7) is 7.08. The van der Waals surface area contributed by atoms with Crippen LogP contribution in [0, 0.1) is 5.92 Å². The van der Waals surface area contributed by atoms with E-state index in [9.17, 15) is 0 Å². The molecular formula is C15H23BrN2. The summed E-state index contributed by atoms with van der Waals surface area (Å²) in [4.78, 5) is 2.60. The second kappa shape index (κ2) is 7.15. The molecule has 1 fully saturated rings. The smallest absolute Gasteiger partial charge is 0.0341 e. The molecule has 0 radical (unpaired) electrons. The van der Waals surface area contributed by atoms with Gasteiger partial charge in [-0.1, -0.05) is 29.3 Å². The van der Waals surface area contributed by atoms with Gasteiger partial charge < -0.3 is 10.2 Å². The van der Waals surface area contributed by atoms with Gasteiger partial charge in [0.15, 0.2) is 0 Å². The minimum Gasteiger partial charge on any atom is -0.384 e. The zero-order chi connectivity index (χ0) is 12.8. The van der Waals surface area contributed by atoms with Gasteiger partial charge in [0.25, 0.3) is 0 Å². The summed E-state index contributed by atoms with van der Waals surface area (Å²) in [5.41, 5.74) is 1.21. The van der Waals surface area contributed by atoms with Crippen LogP contribution >= 0.6 is 15.9 Å². The van der Waals surface area contributed by atoms with Gasteiger partial charge in [-0.2, -0.15) is 0 Å². The van der Waals surface area contributed by atoms with Gasteiger partial charge in [-0.05, 0) is 49.6 Å². The lowest BCUT2D eigenvalue weighted by molar-refractivity contribution is 0.177. The van der Waals surface area contributed by atoms with Crippen molar-refractivity contribution in [2.45, 2.75) is 26.2 Å². The predicted molar refractivity (Wildman–Crippen MR) is 82.1 cm³/mol. The van der Waals surface area contributed by atoms with Crippen LogP contribution in [0.5, 0.6) is 0 Å². The van der Waals surface area contributed by atoms with E-state index in [1.807, 2.05) is 0 Å². The van der Waals surface area contributed by atoms with Crippen molar-refractivity contribution in [3.8, 4) is 0 Å². The van der Waals surface area contributed by atoms with Crippen LogP contribution in [-0.2, 0) is 0 Å². The molecule has 0 aliphatic carbocycles. The number of anilines is 1. The fourth-order valence-electron chi connectivity index (χ4n) is 2.61. The summed E-state index contributed by atoms with van der Waals surface area (Å²) >= 11 is 3.45. The number of nitrogens with one attached hydrogen (secondary N) is 1. The SMILES string of the molecule is CCC1CCCN(CCNc2ccc(Br)cc2)C1. The zero-order valence-corrected chi connectivity index (χ0v) is 12.7. The van der Waals surface area contributed by atoms with E-state index in [2.05, 4.69) is 57.3 Å². The van der Waals surface area contributed by atoms with Crippen molar-refractivity contribution < 1.29 is 0 Å². The Morgan fingerprint density at radius 3 is 2.83 bits per heavy atom. The highest BCUT2D eigenvalue weighted by Gasteiger charge is 2.17. The fraction of sp³-hybridized carbons (Fsp3) is 0.600. The van der Waals surface area contributed by atoms with Crippen molar-refractivity contribution in [3.63, 3.8) is 0 Å². The molecule has 1 N–H and O–H groups in total. The third kappa shape index (κ3) is 4.29. The van der Waals surface area contributed by atoms with Crippen LogP contribution in [-0.4, -0.2) is 31.1 Å². The Hall–Kier alpha value is -0.540. The average Bonchev–Trinajstić information content (AvgIpc) is 2.41. The lowest BCUT2D eigenvalue weighted by Crippen LogP contribution is -2.38. The van der Waals surface area contributed by atoms with E-state index in [1.165, 1.54) is 38.0 Å². The Kier molecular flexibility index (Phi) is 5.51. The molecule has 1 heterocycles. The molecule has 0 saturated carbocycles. The highest BCUT2D eigenvalue weighted by atomic mass is 79.9. The topological polar surface area (TPSA) is 15.3 Å². The second-order valence-electron chi connectivity index (χ2n) is 5.15. The Morgan fingerprint density at radius 1 is 1.33 bits per heavy atom. The molecule has 2 rings (SSSR count). The van der Waals surface area contributed by atoms with Crippen LogP contribution in [0.4, 0.5) is 5.69 Å². The summed E-state index contributed by atoms with van der Waals surface area (Å²) in [7, 11) is 0. The minimum atomic E-state index is 0.923. The van der Waals surface area contributed by atoms with Crippen molar-refractivity contribution in [2.24, 2.45) is 5.92 Å². The largest absolute Gasteiger partial charge is 0.384 e. The summed E-state index contributed by atoms with van der Waals surface area (Å²) in [5.74, 6) is 0.923. The first-order valence-electron chi connectivity index (χ1n) is 6.99. The molecule has 100 valence electrons. The van der Waals surface area contributed by atoms with Gasteiger partial charge in [-0.15, -0.1) is 0 Å². The van der Waals surface area contributed by atoms with E-state index in [0.29, 0.717) is 0 Å². The third-order valence-corrected chi connectivity index (χ3v) is 4.31. The van der Waals surface area contributed by atoms with Gasteiger partial charge in [0.2, 0.25) is 0 Å². The summed E-state index contributed by atoms with van der Waals surface area (Å²) in [6, 6.07) is 8.40. The number of hydrogen-bond acceptors (Lipinski definition) is 2. The maximum atomic E-state index is 3.49. The number of nitrogens with zero attached hydrogens (tertiary/aromatic N) is 1. The summed E-state index contributed by atoms with van der Waals surface area (Å²) in [6.07, 6.45) is 4.13. The Labute approximate surface area is 119 Å². The Bertz CT molecular complexity index is 350. The van der Waals surface area contributed by atoms with Gasteiger partial charge in [0.05, 0.1) is 0 Å². The molecule has 1 aliphatic heterocycles. The third-order valence-electron chi connectivity index (χ3n) is 3.78. The predicted octanol–water partition coefficient (Wildman–Crippen LogP) is 3.98. The van der Waals surface area contributed by atoms with Crippen molar-refractivity contribution in [2.75, 3.05) is 31.5 Å². The Morgan fingerprint density at radius 2 is 2.11 bits per heavy atom. The molecule has 1 unspecified atom stereocenters. The molecule has 0 spiro atoms. The fourth-order valence-corrected chi connectivity index (χ4v) is 2.88. The molecule has 1 saturated heterocycles. The van der Waals surface area contributed by atoms with Crippen molar-refractivity contribution in [1.29, 1.82) is 0 Å². The molecule has 1 atom stereocenters. The van der Waals surface area contributed by atoms with E-state index in [-0.39, 0.29) is 0 Å². The van der Waals surface area contributed by atoms with Crippen molar-refractivity contribution in [1.82, 2.24) is 4.90 Å². The molecule has 2 nitrogen and oxygen atoms in total. The van der Waals surface area contributed by atoms with Gasteiger partial charge in [0.1, 0.15) is 0 Å². The molecule has 0 aromatic heterocycles. The van der Waals surface area contributed by atoms with E-state index in [4.69, 9.17) is 0 Å². The zero-order valence-electron chi connectivity index (χ0n) is 11.2. The molecule has 1 aromatic carbocycles. The molecule has 3 heteroatoms. The molecule has 0 amide bonds. The van der Waals surface area contributed by atoms with Crippen LogP contribution in [0.15, 0.2) is 28.7 Å². The minimum absolute atomic E-state index is 0.923. The van der Waals surface area contributed by atoms with Crippen molar-refractivity contribution in [3.05, 3.63) is 28.7 Å². The first-order valence-corrected chi connectivity index (χ1v) is 7.79. The van der Waals surface area contributed by atoms with Crippen LogP contribution in [0.1, 0.15) is 26.2 Å². The first-order chi connectivity index (χ1) is 8.78. The standard InChI is InChI=1S/C15H23BrN2/c1-2-13-4-3-10-18(12-13)11-9-17-15-7-5-14(16)6-8-15/h5-8,13,17H,2-4,9-12H2,1H3. The number of halogens is 1. The number of hydrogen-bond donors (Lipinski definition) is 1. The van der Waals surface area contributed by atoms with Gasteiger partial charge in [-0.3, -0.25) is 0 Å². The van der Waals surface area contributed by atoms with Crippen LogP contribution in [0.2, 0.25) is 0 Å². The van der Waals surface area contributed by atoms with Crippen molar-refractivity contribution >= 4 is 21.6 Å². The van der Waals surface area contributed by atoms with E-state index in [1.54, 1.807) is 0 Å². The van der Waals surface area contributed by atoms with E-state index >= 15 is 0 Å². The number of piperidine rings is 1. The molecule has 1 aliphatic rings. The van der Waals surface area contributed by atoms with E-state index < -0.39 is 0 Å². The maximum Gasteiger partial charge on any atom is 0.0341 e. The highest BCUT2D eigenvalue weighted by molar-refractivity contribution is 9.10. The summed E-state index contributed by atoms with van der Waals surface area (Å²) in [5, 5.41) is 3.49. The van der Waals surface area contributed by atoms with Gasteiger partial charge >= 0.3 is 0 Å². The van der Waals surface area contributed by atoms with Crippen LogP contribution in [0.25, 0.3) is 0 Å². The quantitative estimate of drug-likeness (QED) is 0.885. The lowest BCUT2D eigenvalue weighted by Gasteiger charge is -2.32. The first kappa shape index (κ1) is 13.9. The van der Waals surface area contributed by atoms with Crippen LogP contribution < -0.4 is 5.32 Å². The number of likely N-dealkylation sites (tertiary alicyclic amines) is 1. The summed E-state index contributed by atoms with van der Waals surface area (Å²) < 4.78 is 1.13. The molecule has 1 aromatic rings. The number of rotatable bonds is 5. The molecule has 0 bridgehead atoms. The molecule has 18 heavy (non-hydrogen) atoms. The van der Waals surface area contributed by atoms with Gasteiger partial charge in [0, 0.05) is 29.8 Å². The maximum absolute atomic E-state index is 3.49.